The summed E-state index contributed by atoms with van der Waals surface area (Å²) in [5, 5.41) is 8.74. The Balaban J connectivity index is 2.94. The van der Waals surface area contributed by atoms with Crippen molar-refractivity contribution in [1.82, 2.24) is 4.90 Å². The summed E-state index contributed by atoms with van der Waals surface area (Å²) < 4.78 is 5.03. The highest BCUT2D eigenvalue weighted by molar-refractivity contribution is 5.95. The van der Waals surface area contributed by atoms with Crippen LogP contribution in [0.5, 0.6) is 5.75 Å². The van der Waals surface area contributed by atoms with Crippen LogP contribution in [0.1, 0.15) is 10.4 Å². The second-order valence-corrected chi connectivity index (χ2v) is 3.45. The number of methoxy groups -OCH3 is 1. The van der Waals surface area contributed by atoms with Crippen molar-refractivity contribution in [2.45, 2.75) is 0 Å². The normalized spacial score (nSPS) is 9.94. The Kier molecular flexibility index (Phi) is 4.13. The summed E-state index contributed by atoms with van der Waals surface area (Å²) in [5.74, 6) is 0.348. The number of hydrogen-bond acceptors (Lipinski definition) is 4. The van der Waals surface area contributed by atoms with Crippen molar-refractivity contribution in [3.05, 3.63) is 23.8 Å². The standard InChI is InChI=1S/C11H16N2O3/c1-13(3-4-14)11(15)8-5-9(12)7-10(6-8)16-2/h5-7,14H,3-4,12H2,1-2H3. The van der Waals surface area contributed by atoms with Crippen LogP contribution in [-0.2, 0) is 0 Å². The number of carbonyl (C=O) groups is 1. The third kappa shape index (κ3) is 2.87. The van der Waals surface area contributed by atoms with Gasteiger partial charge in [0.1, 0.15) is 5.75 Å². The first-order chi connectivity index (χ1) is 7.58. The Morgan fingerprint density at radius 2 is 2.19 bits per heavy atom. The van der Waals surface area contributed by atoms with E-state index in [0.717, 1.165) is 0 Å². The number of anilines is 1. The molecule has 1 amide bonds. The third-order valence-electron chi connectivity index (χ3n) is 2.19. The largest absolute Gasteiger partial charge is 0.497 e. The van der Waals surface area contributed by atoms with Crippen molar-refractivity contribution in [2.24, 2.45) is 0 Å². The minimum atomic E-state index is -0.195. The number of nitrogen functional groups attached to an aromatic ring is 1. The molecule has 5 heteroatoms. The maximum absolute atomic E-state index is 11.9. The van der Waals surface area contributed by atoms with Gasteiger partial charge in [0, 0.05) is 30.9 Å². The van der Waals surface area contributed by atoms with Crippen molar-refractivity contribution < 1.29 is 14.6 Å². The summed E-state index contributed by atoms with van der Waals surface area (Å²) in [7, 11) is 3.13. The van der Waals surface area contributed by atoms with E-state index in [1.54, 1.807) is 25.2 Å². The number of rotatable bonds is 4. The maximum atomic E-state index is 11.9. The summed E-state index contributed by atoms with van der Waals surface area (Å²) >= 11 is 0. The molecule has 1 rings (SSSR count). The highest BCUT2D eigenvalue weighted by atomic mass is 16.5. The quantitative estimate of drug-likeness (QED) is 0.723. The van der Waals surface area contributed by atoms with Gasteiger partial charge in [0.2, 0.25) is 0 Å². The first kappa shape index (κ1) is 12.3. The minimum Gasteiger partial charge on any atom is -0.497 e. The lowest BCUT2D eigenvalue weighted by Crippen LogP contribution is -2.29. The lowest BCUT2D eigenvalue weighted by Gasteiger charge is -2.16. The second-order valence-electron chi connectivity index (χ2n) is 3.45. The Labute approximate surface area is 94.4 Å². The number of aliphatic hydroxyl groups is 1. The monoisotopic (exact) mass is 224 g/mol. The highest BCUT2D eigenvalue weighted by Gasteiger charge is 2.12. The van der Waals surface area contributed by atoms with E-state index >= 15 is 0 Å². The Morgan fingerprint density at radius 3 is 2.75 bits per heavy atom. The fourth-order valence-corrected chi connectivity index (χ4v) is 1.34. The molecule has 0 unspecified atom stereocenters. The zero-order valence-corrected chi connectivity index (χ0v) is 9.43. The zero-order valence-electron chi connectivity index (χ0n) is 9.43. The molecular formula is C11H16N2O3. The van der Waals surface area contributed by atoms with Crippen LogP contribution in [0.4, 0.5) is 5.69 Å². The first-order valence-corrected chi connectivity index (χ1v) is 4.89. The number of hydrogen-bond donors (Lipinski definition) is 2. The number of ether oxygens (including phenoxy) is 1. The number of carbonyl (C=O) groups excluding carboxylic acids is 1. The molecule has 0 atom stereocenters. The van der Waals surface area contributed by atoms with E-state index in [4.69, 9.17) is 15.6 Å². The molecule has 0 saturated heterocycles. The van der Waals surface area contributed by atoms with Crippen LogP contribution in [0, 0.1) is 0 Å². The van der Waals surface area contributed by atoms with Crippen LogP contribution in [0.2, 0.25) is 0 Å². The van der Waals surface area contributed by atoms with Gasteiger partial charge in [-0.3, -0.25) is 4.79 Å². The molecule has 0 saturated carbocycles. The Bertz CT molecular complexity index is 379. The third-order valence-corrected chi connectivity index (χ3v) is 2.19. The minimum absolute atomic E-state index is 0.0678. The van der Waals surface area contributed by atoms with Crippen LogP contribution < -0.4 is 10.5 Å². The van der Waals surface area contributed by atoms with Gasteiger partial charge in [-0.15, -0.1) is 0 Å². The van der Waals surface area contributed by atoms with Crippen molar-refractivity contribution in [1.29, 1.82) is 0 Å². The molecule has 0 aromatic heterocycles. The lowest BCUT2D eigenvalue weighted by atomic mass is 10.1. The van der Waals surface area contributed by atoms with Crippen LogP contribution in [0.3, 0.4) is 0 Å². The van der Waals surface area contributed by atoms with Crippen molar-refractivity contribution in [2.75, 3.05) is 33.0 Å². The smallest absolute Gasteiger partial charge is 0.253 e. The average Bonchev–Trinajstić information content (AvgIpc) is 2.27. The highest BCUT2D eigenvalue weighted by Crippen LogP contribution is 2.19. The SMILES string of the molecule is COc1cc(N)cc(C(=O)N(C)CCO)c1. The Morgan fingerprint density at radius 1 is 1.50 bits per heavy atom. The number of aliphatic hydroxyl groups excluding tert-OH is 1. The molecule has 16 heavy (non-hydrogen) atoms. The van der Waals surface area contributed by atoms with Gasteiger partial charge in [0.15, 0.2) is 0 Å². The molecule has 0 bridgehead atoms. The fraction of sp³-hybridized carbons (Fsp3) is 0.364. The van der Waals surface area contributed by atoms with Crippen molar-refractivity contribution in [3.8, 4) is 5.75 Å². The molecule has 88 valence electrons. The molecule has 5 nitrogen and oxygen atoms in total. The van der Waals surface area contributed by atoms with E-state index in [1.807, 2.05) is 0 Å². The molecular weight excluding hydrogens is 208 g/mol. The number of likely N-dealkylation sites (N-methyl/N-ethyl adjacent to an activating group) is 1. The van der Waals surface area contributed by atoms with Gasteiger partial charge in [-0.2, -0.15) is 0 Å². The molecule has 1 aromatic rings. The molecule has 0 aliphatic rings. The number of nitrogens with zero attached hydrogens (tertiary/aromatic N) is 1. The number of benzene rings is 1. The van der Waals surface area contributed by atoms with Gasteiger partial charge in [0.05, 0.1) is 13.7 Å². The van der Waals surface area contributed by atoms with Crippen LogP contribution in [0.15, 0.2) is 18.2 Å². The number of amides is 1. The first-order valence-electron chi connectivity index (χ1n) is 4.89. The predicted molar refractivity (Wildman–Crippen MR) is 61.5 cm³/mol. The van der Waals surface area contributed by atoms with Gasteiger partial charge in [-0.25, -0.2) is 0 Å². The van der Waals surface area contributed by atoms with Gasteiger partial charge in [-0.05, 0) is 12.1 Å². The van der Waals surface area contributed by atoms with Gasteiger partial charge in [0.25, 0.3) is 5.91 Å². The fourth-order valence-electron chi connectivity index (χ4n) is 1.34. The molecule has 3 N–H and O–H groups in total. The van der Waals surface area contributed by atoms with Crippen molar-refractivity contribution in [3.63, 3.8) is 0 Å². The summed E-state index contributed by atoms with van der Waals surface area (Å²) in [6.07, 6.45) is 0. The summed E-state index contributed by atoms with van der Waals surface area (Å²) in [6, 6.07) is 4.84. The zero-order chi connectivity index (χ0) is 12.1. The Hall–Kier alpha value is -1.75. The molecule has 0 spiro atoms. The topological polar surface area (TPSA) is 75.8 Å². The van der Waals surface area contributed by atoms with Crippen LogP contribution in [-0.4, -0.2) is 43.2 Å². The van der Waals surface area contributed by atoms with E-state index in [2.05, 4.69) is 0 Å². The molecule has 0 heterocycles. The molecule has 0 aliphatic carbocycles. The van der Waals surface area contributed by atoms with Gasteiger partial charge >= 0.3 is 0 Å². The molecule has 0 fully saturated rings. The van der Waals surface area contributed by atoms with Crippen LogP contribution in [0.25, 0.3) is 0 Å². The average molecular weight is 224 g/mol. The van der Waals surface area contributed by atoms with Gasteiger partial charge in [-0.1, -0.05) is 0 Å². The van der Waals surface area contributed by atoms with E-state index in [1.165, 1.54) is 12.0 Å². The van der Waals surface area contributed by atoms with E-state index in [9.17, 15) is 4.79 Å². The predicted octanol–water partition coefficient (Wildman–Crippen LogP) is 0.342. The second kappa shape index (κ2) is 5.37. The molecule has 0 radical (unpaired) electrons. The van der Waals surface area contributed by atoms with E-state index in [0.29, 0.717) is 17.0 Å². The summed E-state index contributed by atoms with van der Waals surface area (Å²) in [6.45, 7) is 0.220. The maximum Gasteiger partial charge on any atom is 0.253 e. The summed E-state index contributed by atoms with van der Waals surface area (Å²) in [5.41, 5.74) is 6.57. The molecule has 1 aromatic carbocycles. The van der Waals surface area contributed by atoms with Crippen molar-refractivity contribution >= 4 is 11.6 Å². The summed E-state index contributed by atoms with van der Waals surface area (Å²) in [4.78, 5) is 13.3. The number of nitrogens with two attached hydrogens (primary N) is 1. The van der Waals surface area contributed by atoms with E-state index in [-0.39, 0.29) is 19.1 Å². The van der Waals surface area contributed by atoms with E-state index < -0.39 is 0 Å². The molecule has 0 aliphatic heterocycles. The van der Waals surface area contributed by atoms with Crippen LogP contribution >= 0.6 is 0 Å². The van der Waals surface area contributed by atoms with Gasteiger partial charge < -0.3 is 20.5 Å². The lowest BCUT2D eigenvalue weighted by molar-refractivity contribution is 0.0766.